The van der Waals surface area contributed by atoms with Crippen LogP contribution in [0.25, 0.3) is 11.0 Å². The van der Waals surface area contributed by atoms with Crippen molar-refractivity contribution in [1.82, 2.24) is 19.4 Å². The molecule has 0 radical (unpaired) electrons. The van der Waals surface area contributed by atoms with E-state index in [1.165, 1.54) is 36.8 Å². The summed E-state index contributed by atoms with van der Waals surface area (Å²) in [6.07, 6.45) is 8.23. The Kier molecular flexibility index (Phi) is 6.75. The summed E-state index contributed by atoms with van der Waals surface area (Å²) in [5, 5.41) is 3.60. The molecule has 45 heavy (non-hydrogen) atoms. The van der Waals surface area contributed by atoms with Crippen LogP contribution in [0.2, 0.25) is 0 Å². The molecule has 2 saturated carbocycles. The second-order valence-electron chi connectivity index (χ2n) is 13.9. The summed E-state index contributed by atoms with van der Waals surface area (Å²) in [4.78, 5) is 23.4. The first kappa shape index (κ1) is 28.3. The van der Waals surface area contributed by atoms with E-state index < -0.39 is 0 Å². The van der Waals surface area contributed by atoms with Gasteiger partial charge >= 0.3 is 0 Å². The van der Waals surface area contributed by atoms with Gasteiger partial charge in [0, 0.05) is 41.8 Å². The Morgan fingerprint density at radius 2 is 1.71 bits per heavy atom. The molecule has 232 valence electrons. The zero-order valence-electron chi connectivity index (χ0n) is 26.1. The van der Waals surface area contributed by atoms with Crippen LogP contribution < -0.4 is 11.6 Å². The van der Waals surface area contributed by atoms with E-state index in [1.807, 2.05) is 23.1 Å². The number of rotatable bonds is 7. The molecule has 8 nitrogen and oxygen atoms in total. The molecule has 1 amide bonds. The normalized spacial score (nSPS) is 28.6. The number of fused-ring (bicyclic) bond motifs is 1. The van der Waals surface area contributed by atoms with Crippen LogP contribution in [0.15, 0.2) is 84.0 Å². The molecular formula is C37H43N7O. The molecular weight excluding hydrogens is 558 g/mol. The Morgan fingerprint density at radius 3 is 2.47 bits per heavy atom. The summed E-state index contributed by atoms with van der Waals surface area (Å²) < 4.78 is 2.54. The van der Waals surface area contributed by atoms with E-state index in [-0.39, 0.29) is 17.2 Å². The number of carbonyl (C=O) groups excluding carboxylic acids is 1. The fourth-order valence-electron chi connectivity index (χ4n) is 9.49. The number of nitrogens with two attached hydrogens (primary N) is 2. The number of likely N-dealkylation sites (tertiary alicyclic amines) is 2. The number of aromatic nitrogens is 2. The average Bonchev–Trinajstić information content (AvgIpc) is 3.63. The number of nitrogens with zero attached hydrogens (tertiary/aromatic N) is 5. The monoisotopic (exact) mass is 601 g/mol. The number of benzene rings is 3. The number of hydrogen-bond acceptors (Lipinski definition) is 5. The van der Waals surface area contributed by atoms with Gasteiger partial charge in [0.25, 0.3) is 5.91 Å². The maximum atomic E-state index is 13.6. The van der Waals surface area contributed by atoms with Crippen molar-refractivity contribution >= 4 is 22.8 Å². The van der Waals surface area contributed by atoms with Crippen LogP contribution in [0.4, 0.5) is 0 Å². The number of amides is 1. The molecule has 3 aromatic carbocycles. The van der Waals surface area contributed by atoms with Crippen molar-refractivity contribution in [3.63, 3.8) is 0 Å². The highest BCUT2D eigenvalue weighted by atomic mass is 16.2. The number of amidine groups is 1. The SMILES string of the molecule is Cc1nc2ccccc2n1[C@@H]1C[C@@H]2CCC23[C@H](C1)N3CCC1(c2ccccc2)CCN(C(=O)c2cccc(/C(N)=N/N)c2)CC1. The summed E-state index contributed by atoms with van der Waals surface area (Å²) in [7, 11) is 0. The minimum atomic E-state index is 0.0462. The van der Waals surface area contributed by atoms with E-state index >= 15 is 0 Å². The van der Waals surface area contributed by atoms with E-state index in [0.29, 0.717) is 28.7 Å². The molecule has 4 N–H and O–H groups in total. The second-order valence-corrected chi connectivity index (χ2v) is 13.9. The molecule has 0 bridgehead atoms. The molecule has 4 aliphatic rings. The van der Waals surface area contributed by atoms with Gasteiger partial charge < -0.3 is 21.0 Å². The lowest BCUT2D eigenvalue weighted by molar-refractivity contribution is 0.0647. The lowest BCUT2D eigenvalue weighted by atomic mass is 9.63. The van der Waals surface area contributed by atoms with E-state index in [0.717, 1.165) is 56.2 Å². The number of aryl methyl sites for hydroxylation is 1. The van der Waals surface area contributed by atoms with Crippen LogP contribution in [0, 0.1) is 12.8 Å². The molecule has 8 rings (SSSR count). The van der Waals surface area contributed by atoms with Crippen molar-refractivity contribution in [3.8, 4) is 0 Å². The summed E-state index contributed by atoms with van der Waals surface area (Å²) in [5.41, 5.74) is 11.5. The molecule has 2 saturated heterocycles. The van der Waals surface area contributed by atoms with Gasteiger partial charge in [-0.15, -0.1) is 0 Å². The molecule has 4 aromatic rings. The van der Waals surface area contributed by atoms with Gasteiger partial charge in [0.05, 0.1) is 11.0 Å². The van der Waals surface area contributed by atoms with Gasteiger partial charge in [0.1, 0.15) is 11.7 Å². The molecule has 4 fully saturated rings. The van der Waals surface area contributed by atoms with E-state index in [4.69, 9.17) is 16.6 Å². The Balaban J connectivity index is 0.987. The van der Waals surface area contributed by atoms with Crippen LogP contribution in [-0.2, 0) is 5.41 Å². The number of hydrogen-bond donors (Lipinski definition) is 2. The topological polar surface area (TPSA) is 106 Å². The first-order valence-corrected chi connectivity index (χ1v) is 16.6. The number of para-hydroxylation sites is 2. The van der Waals surface area contributed by atoms with Gasteiger partial charge in [-0.1, -0.05) is 54.6 Å². The minimum absolute atomic E-state index is 0.0462. The number of imidazole rings is 1. The number of hydrazone groups is 1. The highest BCUT2D eigenvalue weighted by Gasteiger charge is 2.72. The molecule has 1 aromatic heterocycles. The van der Waals surface area contributed by atoms with Gasteiger partial charge in [-0.05, 0) is 99.6 Å². The Labute approximate surface area is 265 Å². The van der Waals surface area contributed by atoms with E-state index in [1.54, 1.807) is 6.07 Å². The average molecular weight is 602 g/mol. The standard InChI is InChI=1S/C37H43N7O/c1-25-40-31-12-5-6-13-32(31)44(25)30-23-29-14-15-37(29)33(24-30)43(37)21-18-36(28-10-3-2-4-11-28)16-19-42(20-17-36)35(45)27-9-7-8-26(22-27)34(38)41-39/h2-13,22,29-30,33H,14-21,23-24,39H2,1H3,(H2,38,41)/t29-,30+,33-,37?,43?/m0/s1. The van der Waals surface area contributed by atoms with Gasteiger partial charge in [-0.25, -0.2) is 4.98 Å². The molecule has 8 heteroatoms. The van der Waals surface area contributed by atoms with E-state index in [9.17, 15) is 4.79 Å². The largest absolute Gasteiger partial charge is 0.382 e. The van der Waals surface area contributed by atoms with Crippen LogP contribution in [0.1, 0.15) is 78.3 Å². The minimum Gasteiger partial charge on any atom is -0.382 e. The summed E-state index contributed by atoms with van der Waals surface area (Å²) in [6, 6.07) is 28.2. The van der Waals surface area contributed by atoms with Gasteiger partial charge in [0.15, 0.2) is 0 Å². The van der Waals surface area contributed by atoms with Crippen molar-refractivity contribution < 1.29 is 4.79 Å². The quantitative estimate of drug-likeness (QED) is 0.0976. The predicted octanol–water partition coefficient (Wildman–Crippen LogP) is 5.36. The zero-order valence-corrected chi connectivity index (χ0v) is 26.1. The fourth-order valence-corrected chi connectivity index (χ4v) is 9.49. The van der Waals surface area contributed by atoms with Gasteiger partial charge in [-0.2, -0.15) is 5.10 Å². The third-order valence-electron chi connectivity index (χ3n) is 12.0. The first-order chi connectivity index (χ1) is 21.9. The van der Waals surface area contributed by atoms with Crippen molar-refractivity contribution in [2.45, 2.75) is 74.9 Å². The molecule has 1 spiro atoms. The van der Waals surface area contributed by atoms with Gasteiger partial charge in [0.2, 0.25) is 0 Å². The zero-order chi connectivity index (χ0) is 30.8. The lowest BCUT2D eigenvalue weighted by Gasteiger charge is -2.45. The van der Waals surface area contributed by atoms with Crippen LogP contribution >= 0.6 is 0 Å². The second kappa shape index (κ2) is 10.7. The predicted molar refractivity (Wildman–Crippen MR) is 178 cm³/mol. The van der Waals surface area contributed by atoms with Gasteiger partial charge in [-0.3, -0.25) is 9.69 Å². The summed E-state index contributed by atoms with van der Waals surface area (Å²) >= 11 is 0. The maximum absolute atomic E-state index is 13.6. The van der Waals surface area contributed by atoms with Crippen molar-refractivity contribution in [3.05, 3.63) is 101 Å². The van der Waals surface area contributed by atoms with Crippen LogP contribution in [0.5, 0.6) is 0 Å². The Hall–Kier alpha value is -4.17. The Morgan fingerprint density at radius 1 is 0.956 bits per heavy atom. The third kappa shape index (κ3) is 4.48. The van der Waals surface area contributed by atoms with Crippen molar-refractivity contribution in [2.75, 3.05) is 19.6 Å². The fraction of sp³-hybridized carbons (Fsp3) is 0.432. The molecule has 3 heterocycles. The highest BCUT2D eigenvalue weighted by Crippen LogP contribution is 2.66. The van der Waals surface area contributed by atoms with Crippen LogP contribution in [0.3, 0.4) is 0 Å². The molecule has 2 aliphatic heterocycles. The Bertz CT molecular complexity index is 1770. The first-order valence-electron chi connectivity index (χ1n) is 16.6. The van der Waals surface area contributed by atoms with Crippen LogP contribution in [-0.4, -0.2) is 62.3 Å². The summed E-state index contributed by atoms with van der Waals surface area (Å²) in [5.74, 6) is 7.59. The number of piperidine rings is 1. The van der Waals surface area contributed by atoms with E-state index in [2.05, 4.69) is 76.1 Å². The third-order valence-corrected chi connectivity index (χ3v) is 12.0. The number of carbonyl (C=O) groups is 1. The smallest absolute Gasteiger partial charge is 0.253 e. The van der Waals surface area contributed by atoms with Crippen molar-refractivity contribution in [2.24, 2.45) is 22.6 Å². The molecule has 2 aliphatic carbocycles. The molecule has 2 unspecified atom stereocenters. The maximum Gasteiger partial charge on any atom is 0.253 e. The highest BCUT2D eigenvalue weighted by molar-refractivity contribution is 6.01. The lowest BCUT2D eigenvalue weighted by Crippen LogP contribution is -2.47. The summed E-state index contributed by atoms with van der Waals surface area (Å²) in [6.45, 7) is 4.78. The molecule has 5 atom stereocenters. The van der Waals surface area contributed by atoms with Crippen molar-refractivity contribution in [1.29, 1.82) is 0 Å².